The molecule has 0 spiro atoms. The van der Waals surface area contributed by atoms with E-state index in [0.717, 1.165) is 22.3 Å². The molecule has 4 aromatic carbocycles. The molecule has 0 aromatic heterocycles. The molecule has 0 N–H and O–H groups in total. The molecule has 1 aliphatic rings. The van der Waals surface area contributed by atoms with Gasteiger partial charge in [-0.1, -0.05) is 96.6 Å². The number of hydrogen-bond acceptors (Lipinski definition) is 5. The SMILES string of the molecule is COc1cc(/C=C2/SC(=NCc3ccccc3)N(Cc3ccccc3)C2=O)ccc1OCc1ccc(C)cc1. The topological polar surface area (TPSA) is 51.1 Å². The lowest BCUT2D eigenvalue weighted by atomic mass is 10.1. The number of benzene rings is 4. The molecular formula is C33H30N2O3S. The maximum absolute atomic E-state index is 13.5. The van der Waals surface area contributed by atoms with E-state index in [0.29, 0.717) is 41.3 Å². The van der Waals surface area contributed by atoms with Crippen molar-refractivity contribution in [2.24, 2.45) is 4.99 Å². The first-order chi connectivity index (χ1) is 19.1. The molecule has 5 rings (SSSR count). The molecule has 1 heterocycles. The second-order valence-electron chi connectivity index (χ2n) is 9.26. The minimum Gasteiger partial charge on any atom is -0.493 e. The van der Waals surface area contributed by atoms with E-state index >= 15 is 0 Å². The number of rotatable bonds is 9. The minimum atomic E-state index is -0.0608. The predicted octanol–water partition coefficient (Wildman–Crippen LogP) is 7.26. The molecule has 0 atom stereocenters. The van der Waals surface area contributed by atoms with Gasteiger partial charge in [-0.25, -0.2) is 0 Å². The van der Waals surface area contributed by atoms with Gasteiger partial charge in [0, 0.05) is 0 Å². The standard InChI is InChI=1S/C33H30N2O3S/c1-24-13-15-27(16-14-24)23-38-29-18-17-28(19-30(29)37-2)20-31-32(36)35(22-26-11-7-4-8-12-26)33(39-31)34-21-25-9-5-3-6-10-25/h3-20H,21-23H2,1-2H3/b31-20+,34-33?. The fraction of sp³-hybridized carbons (Fsp3) is 0.152. The van der Waals surface area contributed by atoms with Crippen molar-refractivity contribution in [2.75, 3.05) is 7.11 Å². The zero-order chi connectivity index (χ0) is 27.0. The van der Waals surface area contributed by atoms with Crippen molar-refractivity contribution in [3.05, 3.63) is 136 Å². The number of aryl methyl sites for hydroxylation is 1. The van der Waals surface area contributed by atoms with Crippen molar-refractivity contribution in [1.82, 2.24) is 4.90 Å². The van der Waals surface area contributed by atoms with Crippen molar-refractivity contribution < 1.29 is 14.3 Å². The van der Waals surface area contributed by atoms with Gasteiger partial charge < -0.3 is 9.47 Å². The largest absolute Gasteiger partial charge is 0.493 e. The number of hydrogen-bond donors (Lipinski definition) is 0. The maximum Gasteiger partial charge on any atom is 0.267 e. The van der Waals surface area contributed by atoms with Gasteiger partial charge in [-0.3, -0.25) is 14.7 Å². The average Bonchev–Trinajstić information content (AvgIpc) is 3.26. The Hall–Kier alpha value is -4.29. The number of methoxy groups -OCH3 is 1. The first-order valence-corrected chi connectivity index (χ1v) is 13.6. The summed E-state index contributed by atoms with van der Waals surface area (Å²) in [6.07, 6.45) is 1.89. The molecule has 196 valence electrons. The lowest BCUT2D eigenvalue weighted by molar-refractivity contribution is -0.122. The van der Waals surface area contributed by atoms with Crippen LogP contribution in [0.2, 0.25) is 0 Å². The fourth-order valence-corrected chi connectivity index (χ4v) is 5.14. The van der Waals surface area contributed by atoms with Crippen molar-refractivity contribution in [3.8, 4) is 11.5 Å². The first kappa shape index (κ1) is 26.3. The Morgan fingerprint density at radius 1 is 0.821 bits per heavy atom. The number of amides is 1. The van der Waals surface area contributed by atoms with E-state index in [4.69, 9.17) is 14.5 Å². The molecule has 5 nitrogen and oxygen atoms in total. The van der Waals surface area contributed by atoms with E-state index < -0.39 is 0 Å². The molecule has 1 saturated heterocycles. The van der Waals surface area contributed by atoms with E-state index in [9.17, 15) is 4.79 Å². The fourth-order valence-electron chi connectivity index (χ4n) is 4.16. The van der Waals surface area contributed by atoms with Crippen LogP contribution in [-0.4, -0.2) is 23.1 Å². The molecular weight excluding hydrogens is 504 g/mol. The van der Waals surface area contributed by atoms with Crippen LogP contribution in [0.3, 0.4) is 0 Å². The van der Waals surface area contributed by atoms with Crippen LogP contribution in [0.5, 0.6) is 11.5 Å². The molecule has 1 amide bonds. The summed E-state index contributed by atoms with van der Waals surface area (Å²) in [6, 6.07) is 34.0. The van der Waals surface area contributed by atoms with Gasteiger partial charge in [0.15, 0.2) is 16.7 Å². The number of amidine groups is 1. The van der Waals surface area contributed by atoms with Gasteiger partial charge in [-0.15, -0.1) is 0 Å². The summed E-state index contributed by atoms with van der Waals surface area (Å²) in [7, 11) is 1.62. The van der Waals surface area contributed by atoms with E-state index in [2.05, 4.69) is 31.2 Å². The number of aliphatic imine (C=N–C) groups is 1. The predicted molar refractivity (Wildman–Crippen MR) is 159 cm³/mol. The Morgan fingerprint density at radius 3 is 2.21 bits per heavy atom. The molecule has 39 heavy (non-hydrogen) atoms. The third-order valence-electron chi connectivity index (χ3n) is 6.31. The lowest BCUT2D eigenvalue weighted by Crippen LogP contribution is -2.28. The monoisotopic (exact) mass is 534 g/mol. The zero-order valence-corrected chi connectivity index (χ0v) is 22.9. The smallest absolute Gasteiger partial charge is 0.267 e. The number of ether oxygens (including phenoxy) is 2. The zero-order valence-electron chi connectivity index (χ0n) is 22.0. The van der Waals surface area contributed by atoms with Crippen molar-refractivity contribution >= 4 is 28.9 Å². The van der Waals surface area contributed by atoms with Crippen molar-refractivity contribution in [3.63, 3.8) is 0 Å². The quantitative estimate of drug-likeness (QED) is 0.212. The van der Waals surface area contributed by atoms with Gasteiger partial charge in [0.2, 0.25) is 0 Å². The molecule has 1 fully saturated rings. The van der Waals surface area contributed by atoms with Crippen LogP contribution in [0, 0.1) is 6.92 Å². The summed E-state index contributed by atoms with van der Waals surface area (Å²) in [6.45, 7) is 3.48. The van der Waals surface area contributed by atoms with Gasteiger partial charge in [0.05, 0.1) is 25.1 Å². The van der Waals surface area contributed by atoms with Crippen LogP contribution in [0.15, 0.2) is 113 Å². The normalized spacial score (nSPS) is 15.2. The summed E-state index contributed by atoms with van der Waals surface area (Å²) in [5, 5.41) is 0.698. The maximum atomic E-state index is 13.5. The Balaban J connectivity index is 1.37. The van der Waals surface area contributed by atoms with Crippen molar-refractivity contribution in [2.45, 2.75) is 26.6 Å². The summed E-state index contributed by atoms with van der Waals surface area (Å²) in [5.74, 6) is 1.21. The van der Waals surface area contributed by atoms with Crippen LogP contribution in [0.25, 0.3) is 6.08 Å². The van der Waals surface area contributed by atoms with Crippen LogP contribution in [-0.2, 0) is 24.5 Å². The van der Waals surface area contributed by atoms with Crippen LogP contribution < -0.4 is 9.47 Å². The number of carbonyl (C=O) groups is 1. The number of carbonyl (C=O) groups excluding carboxylic acids is 1. The molecule has 4 aromatic rings. The highest BCUT2D eigenvalue weighted by Crippen LogP contribution is 2.36. The Kier molecular flexibility index (Phi) is 8.44. The number of nitrogens with zero attached hydrogens (tertiary/aromatic N) is 2. The highest BCUT2D eigenvalue weighted by atomic mass is 32.2. The van der Waals surface area contributed by atoms with Gasteiger partial charge in [0.1, 0.15) is 6.61 Å². The summed E-state index contributed by atoms with van der Waals surface area (Å²) in [5.41, 5.74) is 5.30. The third-order valence-corrected chi connectivity index (χ3v) is 7.36. The van der Waals surface area contributed by atoms with Crippen LogP contribution >= 0.6 is 11.8 Å². The molecule has 0 unspecified atom stereocenters. The molecule has 0 radical (unpaired) electrons. The third kappa shape index (κ3) is 6.78. The summed E-state index contributed by atoms with van der Waals surface area (Å²) >= 11 is 1.40. The van der Waals surface area contributed by atoms with Gasteiger partial charge in [-0.05, 0) is 59.1 Å². The van der Waals surface area contributed by atoms with Gasteiger partial charge in [0.25, 0.3) is 5.91 Å². The molecule has 6 heteroatoms. The Morgan fingerprint density at radius 2 is 1.51 bits per heavy atom. The second kappa shape index (κ2) is 12.5. The average molecular weight is 535 g/mol. The molecule has 0 aliphatic carbocycles. The summed E-state index contributed by atoms with van der Waals surface area (Å²) < 4.78 is 11.6. The summed E-state index contributed by atoms with van der Waals surface area (Å²) in [4.78, 5) is 20.7. The molecule has 1 aliphatic heterocycles. The van der Waals surface area contributed by atoms with Crippen LogP contribution in [0.1, 0.15) is 27.8 Å². The van der Waals surface area contributed by atoms with E-state index in [1.807, 2.05) is 84.9 Å². The Labute approximate surface area is 233 Å². The highest BCUT2D eigenvalue weighted by molar-refractivity contribution is 8.18. The van der Waals surface area contributed by atoms with E-state index in [1.54, 1.807) is 12.0 Å². The van der Waals surface area contributed by atoms with Gasteiger partial charge >= 0.3 is 0 Å². The van der Waals surface area contributed by atoms with E-state index in [1.165, 1.54) is 17.3 Å². The highest BCUT2D eigenvalue weighted by Gasteiger charge is 2.33. The molecule has 0 bridgehead atoms. The van der Waals surface area contributed by atoms with Crippen molar-refractivity contribution in [1.29, 1.82) is 0 Å². The molecule has 0 saturated carbocycles. The van der Waals surface area contributed by atoms with E-state index in [-0.39, 0.29) is 5.91 Å². The minimum absolute atomic E-state index is 0.0608. The Bertz CT molecular complexity index is 1480. The number of thioether (sulfide) groups is 1. The second-order valence-corrected chi connectivity index (χ2v) is 10.3. The lowest BCUT2D eigenvalue weighted by Gasteiger charge is -2.15. The first-order valence-electron chi connectivity index (χ1n) is 12.8. The van der Waals surface area contributed by atoms with Crippen LogP contribution in [0.4, 0.5) is 0 Å². The van der Waals surface area contributed by atoms with Gasteiger partial charge in [-0.2, -0.15) is 0 Å².